The SMILES string of the molecule is CCc1occc1C(=O)N(CC)CC. The van der Waals surface area contributed by atoms with E-state index in [9.17, 15) is 4.79 Å². The summed E-state index contributed by atoms with van der Waals surface area (Å²) in [7, 11) is 0. The molecule has 0 fully saturated rings. The second kappa shape index (κ2) is 4.84. The van der Waals surface area contributed by atoms with Crippen molar-refractivity contribution < 1.29 is 9.21 Å². The number of amides is 1. The van der Waals surface area contributed by atoms with E-state index < -0.39 is 0 Å². The molecule has 1 aromatic rings. The van der Waals surface area contributed by atoms with E-state index in [0.29, 0.717) is 5.56 Å². The lowest BCUT2D eigenvalue weighted by Crippen LogP contribution is -2.30. The fourth-order valence-electron chi connectivity index (χ4n) is 1.49. The van der Waals surface area contributed by atoms with Gasteiger partial charge in [-0.1, -0.05) is 6.92 Å². The van der Waals surface area contributed by atoms with Gasteiger partial charge in [-0.3, -0.25) is 4.79 Å². The number of rotatable bonds is 4. The molecule has 78 valence electrons. The van der Waals surface area contributed by atoms with E-state index in [1.165, 1.54) is 0 Å². The highest BCUT2D eigenvalue weighted by molar-refractivity contribution is 5.95. The minimum Gasteiger partial charge on any atom is -0.469 e. The average Bonchev–Trinajstić information content (AvgIpc) is 2.67. The Bertz CT molecular complexity index is 300. The van der Waals surface area contributed by atoms with Gasteiger partial charge < -0.3 is 9.32 Å². The van der Waals surface area contributed by atoms with Crippen molar-refractivity contribution in [1.82, 2.24) is 4.90 Å². The molecule has 0 spiro atoms. The van der Waals surface area contributed by atoms with Gasteiger partial charge in [-0.05, 0) is 19.9 Å². The van der Waals surface area contributed by atoms with E-state index >= 15 is 0 Å². The van der Waals surface area contributed by atoms with Gasteiger partial charge in [0.1, 0.15) is 5.76 Å². The summed E-state index contributed by atoms with van der Waals surface area (Å²) in [5.74, 6) is 0.850. The van der Waals surface area contributed by atoms with E-state index in [4.69, 9.17) is 4.42 Å². The number of hydrogen-bond donors (Lipinski definition) is 0. The summed E-state index contributed by atoms with van der Waals surface area (Å²) in [6, 6.07) is 1.75. The first-order valence-electron chi connectivity index (χ1n) is 5.10. The Morgan fingerprint density at radius 1 is 1.36 bits per heavy atom. The average molecular weight is 195 g/mol. The van der Waals surface area contributed by atoms with E-state index in [1.54, 1.807) is 17.2 Å². The molecule has 0 aliphatic heterocycles. The van der Waals surface area contributed by atoms with Crippen LogP contribution in [0.4, 0.5) is 0 Å². The van der Waals surface area contributed by atoms with Crippen LogP contribution in [-0.4, -0.2) is 23.9 Å². The summed E-state index contributed by atoms with van der Waals surface area (Å²) in [5.41, 5.74) is 0.705. The molecule has 0 radical (unpaired) electrons. The van der Waals surface area contributed by atoms with Gasteiger partial charge in [0.2, 0.25) is 0 Å². The third-order valence-electron chi connectivity index (χ3n) is 2.35. The standard InChI is InChI=1S/C11H17NO2/c1-4-10-9(7-8-14-10)11(13)12(5-2)6-3/h7-8H,4-6H2,1-3H3. The third kappa shape index (κ3) is 1.97. The lowest BCUT2D eigenvalue weighted by Gasteiger charge is -2.18. The van der Waals surface area contributed by atoms with Gasteiger partial charge in [-0.15, -0.1) is 0 Å². The molecule has 1 heterocycles. The van der Waals surface area contributed by atoms with Crippen molar-refractivity contribution in [1.29, 1.82) is 0 Å². The molecule has 0 saturated carbocycles. The highest BCUT2D eigenvalue weighted by atomic mass is 16.3. The summed E-state index contributed by atoms with van der Waals surface area (Å²) in [4.78, 5) is 13.7. The van der Waals surface area contributed by atoms with Crippen molar-refractivity contribution in [2.45, 2.75) is 27.2 Å². The number of carbonyl (C=O) groups is 1. The molecule has 0 unspecified atom stereocenters. The van der Waals surface area contributed by atoms with Crippen molar-refractivity contribution in [2.24, 2.45) is 0 Å². The lowest BCUT2D eigenvalue weighted by molar-refractivity contribution is 0.0771. The van der Waals surface area contributed by atoms with E-state index in [2.05, 4.69) is 0 Å². The van der Waals surface area contributed by atoms with Crippen molar-refractivity contribution in [3.63, 3.8) is 0 Å². The second-order valence-corrected chi connectivity index (χ2v) is 3.09. The van der Waals surface area contributed by atoms with Crippen molar-refractivity contribution in [3.05, 3.63) is 23.7 Å². The Morgan fingerprint density at radius 2 is 2.00 bits per heavy atom. The lowest BCUT2D eigenvalue weighted by atomic mass is 10.2. The van der Waals surface area contributed by atoms with E-state index in [0.717, 1.165) is 25.3 Å². The normalized spacial score (nSPS) is 10.2. The minimum absolute atomic E-state index is 0.0700. The minimum atomic E-state index is 0.0700. The Hall–Kier alpha value is -1.25. The van der Waals surface area contributed by atoms with Crippen LogP contribution in [0, 0.1) is 0 Å². The number of aryl methyl sites for hydroxylation is 1. The van der Waals surface area contributed by atoms with Crippen LogP contribution in [-0.2, 0) is 6.42 Å². The molecule has 1 amide bonds. The van der Waals surface area contributed by atoms with E-state index in [1.807, 2.05) is 20.8 Å². The van der Waals surface area contributed by atoms with Crippen molar-refractivity contribution in [3.8, 4) is 0 Å². The van der Waals surface area contributed by atoms with Gasteiger partial charge in [0.25, 0.3) is 5.91 Å². The summed E-state index contributed by atoms with van der Waals surface area (Å²) in [6.07, 6.45) is 2.34. The van der Waals surface area contributed by atoms with Gasteiger partial charge in [0, 0.05) is 19.5 Å². The van der Waals surface area contributed by atoms with Gasteiger partial charge in [-0.25, -0.2) is 0 Å². The largest absolute Gasteiger partial charge is 0.469 e. The number of carbonyl (C=O) groups excluding carboxylic acids is 1. The van der Waals surface area contributed by atoms with Crippen LogP contribution in [0.25, 0.3) is 0 Å². The maximum absolute atomic E-state index is 11.9. The van der Waals surface area contributed by atoms with Gasteiger partial charge in [-0.2, -0.15) is 0 Å². The predicted molar refractivity (Wildman–Crippen MR) is 55.3 cm³/mol. The molecular weight excluding hydrogens is 178 g/mol. The molecule has 14 heavy (non-hydrogen) atoms. The highest BCUT2D eigenvalue weighted by Gasteiger charge is 2.17. The van der Waals surface area contributed by atoms with Gasteiger partial charge in [0.15, 0.2) is 0 Å². The fraction of sp³-hybridized carbons (Fsp3) is 0.545. The number of hydrogen-bond acceptors (Lipinski definition) is 2. The predicted octanol–water partition coefficient (Wildman–Crippen LogP) is 2.32. The molecule has 0 atom stereocenters. The number of nitrogens with zero attached hydrogens (tertiary/aromatic N) is 1. The first-order valence-corrected chi connectivity index (χ1v) is 5.10. The van der Waals surface area contributed by atoms with Crippen LogP contribution in [0.3, 0.4) is 0 Å². The Labute approximate surface area is 84.7 Å². The molecule has 0 aliphatic carbocycles. The molecule has 1 rings (SSSR count). The molecule has 0 saturated heterocycles. The monoisotopic (exact) mass is 195 g/mol. The second-order valence-electron chi connectivity index (χ2n) is 3.09. The fourth-order valence-corrected chi connectivity index (χ4v) is 1.49. The zero-order valence-corrected chi connectivity index (χ0v) is 9.04. The zero-order chi connectivity index (χ0) is 10.6. The summed E-state index contributed by atoms with van der Waals surface area (Å²) in [6.45, 7) is 7.42. The Balaban J connectivity index is 2.87. The quantitative estimate of drug-likeness (QED) is 0.738. The maximum Gasteiger partial charge on any atom is 0.257 e. The topological polar surface area (TPSA) is 33.5 Å². The first-order chi connectivity index (χ1) is 6.74. The van der Waals surface area contributed by atoms with Crippen LogP contribution < -0.4 is 0 Å². The summed E-state index contributed by atoms with van der Waals surface area (Å²) < 4.78 is 5.23. The molecule has 3 nitrogen and oxygen atoms in total. The zero-order valence-electron chi connectivity index (χ0n) is 9.04. The van der Waals surface area contributed by atoms with Crippen LogP contribution in [0.1, 0.15) is 36.9 Å². The first kappa shape index (κ1) is 10.8. The molecule has 0 bridgehead atoms. The Morgan fingerprint density at radius 3 is 2.50 bits per heavy atom. The molecule has 1 aromatic heterocycles. The molecule has 0 aromatic carbocycles. The van der Waals surface area contributed by atoms with Crippen LogP contribution in [0.5, 0.6) is 0 Å². The third-order valence-corrected chi connectivity index (χ3v) is 2.35. The number of furan rings is 1. The van der Waals surface area contributed by atoms with Gasteiger partial charge >= 0.3 is 0 Å². The van der Waals surface area contributed by atoms with Crippen molar-refractivity contribution in [2.75, 3.05) is 13.1 Å². The van der Waals surface area contributed by atoms with E-state index in [-0.39, 0.29) is 5.91 Å². The van der Waals surface area contributed by atoms with Crippen molar-refractivity contribution >= 4 is 5.91 Å². The summed E-state index contributed by atoms with van der Waals surface area (Å²) in [5, 5.41) is 0. The van der Waals surface area contributed by atoms with Crippen LogP contribution in [0.2, 0.25) is 0 Å². The smallest absolute Gasteiger partial charge is 0.257 e. The highest BCUT2D eigenvalue weighted by Crippen LogP contribution is 2.13. The molecule has 0 N–H and O–H groups in total. The van der Waals surface area contributed by atoms with Crippen LogP contribution >= 0.6 is 0 Å². The van der Waals surface area contributed by atoms with Gasteiger partial charge in [0.05, 0.1) is 11.8 Å². The summed E-state index contributed by atoms with van der Waals surface area (Å²) >= 11 is 0. The molecule has 3 heteroatoms. The maximum atomic E-state index is 11.9. The Kier molecular flexibility index (Phi) is 3.74. The van der Waals surface area contributed by atoms with Crippen LogP contribution in [0.15, 0.2) is 16.7 Å². The molecular formula is C11H17NO2. The molecule has 0 aliphatic rings.